The van der Waals surface area contributed by atoms with E-state index in [1.165, 1.54) is 12.0 Å². The molecule has 0 aliphatic carbocycles. The van der Waals surface area contributed by atoms with Crippen molar-refractivity contribution in [2.24, 2.45) is 4.99 Å². The van der Waals surface area contributed by atoms with Gasteiger partial charge in [-0.15, -0.1) is 0 Å². The summed E-state index contributed by atoms with van der Waals surface area (Å²) < 4.78 is 16.0. The van der Waals surface area contributed by atoms with Crippen LogP contribution < -0.4 is 9.47 Å². The number of hydrogen-bond acceptors (Lipinski definition) is 5. The van der Waals surface area contributed by atoms with Gasteiger partial charge in [0.05, 0.1) is 0 Å². The van der Waals surface area contributed by atoms with Crippen molar-refractivity contribution >= 4 is 17.9 Å². The van der Waals surface area contributed by atoms with Gasteiger partial charge in [0.2, 0.25) is 12.7 Å². The highest BCUT2D eigenvalue weighted by molar-refractivity contribution is 6.12. The van der Waals surface area contributed by atoms with E-state index in [0.29, 0.717) is 17.4 Å². The van der Waals surface area contributed by atoms with Crippen molar-refractivity contribution in [1.29, 1.82) is 0 Å². The lowest BCUT2D eigenvalue weighted by Crippen LogP contribution is -2.05. The molecule has 2 aromatic rings. The zero-order chi connectivity index (χ0) is 17.9. The molecule has 5 nitrogen and oxygen atoms in total. The number of aliphatic imine (C=N–C) groups is 1. The summed E-state index contributed by atoms with van der Waals surface area (Å²) >= 11 is 0. The van der Waals surface area contributed by atoms with Crippen molar-refractivity contribution in [2.75, 3.05) is 6.79 Å². The number of cyclic esters (lactones) is 1. The lowest BCUT2D eigenvalue weighted by molar-refractivity contribution is -0.129. The first kappa shape index (κ1) is 16.4. The molecule has 0 atom stereocenters. The summed E-state index contributed by atoms with van der Waals surface area (Å²) in [4.78, 5) is 16.5. The maximum atomic E-state index is 12.1. The molecule has 132 valence electrons. The number of unbranched alkanes of at least 4 members (excludes halogenated alkanes) is 1. The first-order valence-corrected chi connectivity index (χ1v) is 8.74. The van der Waals surface area contributed by atoms with Crippen molar-refractivity contribution < 1.29 is 19.0 Å². The summed E-state index contributed by atoms with van der Waals surface area (Å²) in [6.45, 7) is 2.39. The second-order valence-electron chi connectivity index (χ2n) is 6.25. The Bertz CT molecular complexity index is 897. The average Bonchev–Trinajstić information content (AvgIpc) is 3.27. The van der Waals surface area contributed by atoms with Gasteiger partial charge in [-0.25, -0.2) is 9.79 Å². The molecule has 26 heavy (non-hydrogen) atoms. The average molecular weight is 349 g/mol. The van der Waals surface area contributed by atoms with Gasteiger partial charge in [0.15, 0.2) is 17.2 Å². The van der Waals surface area contributed by atoms with Crippen LogP contribution in [0.4, 0.5) is 0 Å². The summed E-state index contributed by atoms with van der Waals surface area (Å²) in [5, 5.41) is 0. The predicted molar refractivity (Wildman–Crippen MR) is 98.2 cm³/mol. The highest BCUT2D eigenvalue weighted by Crippen LogP contribution is 2.33. The minimum Gasteiger partial charge on any atom is -0.454 e. The summed E-state index contributed by atoms with van der Waals surface area (Å²) in [6, 6.07) is 13.5. The fraction of sp³-hybridized carbons (Fsp3) is 0.238. The molecule has 5 heteroatoms. The van der Waals surface area contributed by atoms with Gasteiger partial charge in [-0.3, -0.25) is 0 Å². The number of fused-ring (bicyclic) bond motifs is 1. The number of nitrogens with zero attached hydrogens (tertiary/aromatic N) is 1. The van der Waals surface area contributed by atoms with E-state index in [0.717, 1.165) is 24.0 Å². The van der Waals surface area contributed by atoms with Gasteiger partial charge < -0.3 is 14.2 Å². The standard InChI is InChI=1S/C21H19NO4/c1-2-3-4-14-5-8-16(9-6-14)20-22-17(21(23)26-20)11-15-7-10-18-19(12-15)25-13-24-18/h5-12H,2-4,13H2,1H3/b17-11+. The van der Waals surface area contributed by atoms with Crippen LogP contribution in [0.25, 0.3) is 6.08 Å². The normalized spacial score (nSPS) is 16.7. The van der Waals surface area contributed by atoms with Crippen LogP contribution in [-0.4, -0.2) is 18.7 Å². The van der Waals surface area contributed by atoms with Crippen LogP contribution in [0.3, 0.4) is 0 Å². The van der Waals surface area contributed by atoms with E-state index in [1.807, 2.05) is 30.3 Å². The predicted octanol–water partition coefficient (Wildman–Crippen LogP) is 4.10. The first-order chi connectivity index (χ1) is 12.7. The molecule has 0 N–H and O–H groups in total. The summed E-state index contributed by atoms with van der Waals surface area (Å²) in [7, 11) is 0. The number of esters is 1. The number of hydrogen-bond donors (Lipinski definition) is 0. The monoisotopic (exact) mass is 349 g/mol. The SMILES string of the molecule is CCCCc1ccc(C2=N/C(=C/c3ccc4c(c3)OCO4)C(=O)O2)cc1. The van der Waals surface area contributed by atoms with Gasteiger partial charge in [-0.05, 0) is 54.3 Å². The number of aryl methyl sites for hydroxylation is 1. The number of ether oxygens (including phenoxy) is 3. The number of rotatable bonds is 5. The molecule has 2 aromatic carbocycles. The Balaban J connectivity index is 1.55. The number of carbonyl (C=O) groups is 1. The van der Waals surface area contributed by atoms with Crippen LogP contribution in [0.15, 0.2) is 53.2 Å². The molecule has 0 amide bonds. The quantitative estimate of drug-likeness (QED) is 0.602. The minimum atomic E-state index is -0.451. The highest BCUT2D eigenvalue weighted by atomic mass is 16.7. The molecular weight excluding hydrogens is 330 g/mol. The Morgan fingerprint density at radius 3 is 2.69 bits per heavy atom. The maximum absolute atomic E-state index is 12.1. The van der Waals surface area contributed by atoms with Crippen LogP contribution in [0, 0.1) is 0 Å². The lowest BCUT2D eigenvalue weighted by atomic mass is 10.1. The molecule has 4 rings (SSSR count). The molecule has 0 fully saturated rings. The van der Waals surface area contributed by atoms with Crippen LogP contribution in [0.5, 0.6) is 11.5 Å². The highest BCUT2D eigenvalue weighted by Gasteiger charge is 2.24. The van der Waals surface area contributed by atoms with Crippen LogP contribution in [0.2, 0.25) is 0 Å². The Morgan fingerprint density at radius 2 is 1.88 bits per heavy atom. The zero-order valence-electron chi connectivity index (χ0n) is 14.5. The molecule has 0 unspecified atom stereocenters. The second kappa shape index (κ2) is 7.04. The van der Waals surface area contributed by atoms with Crippen molar-refractivity contribution in [3.05, 3.63) is 64.9 Å². The Labute approximate surface area is 151 Å². The molecule has 0 saturated carbocycles. The summed E-state index contributed by atoms with van der Waals surface area (Å²) in [5.74, 6) is 1.25. The minimum absolute atomic E-state index is 0.216. The van der Waals surface area contributed by atoms with Gasteiger partial charge in [0.25, 0.3) is 0 Å². The van der Waals surface area contributed by atoms with E-state index in [2.05, 4.69) is 24.0 Å². The molecule has 0 aromatic heterocycles. The molecular formula is C21H19NO4. The Kier molecular flexibility index (Phi) is 4.44. The van der Waals surface area contributed by atoms with Crippen molar-refractivity contribution in [3.8, 4) is 11.5 Å². The van der Waals surface area contributed by atoms with E-state index in [9.17, 15) is 4.79 Å². The topological polar surface area (TPSA) is 57.1 Å². The Morgan fingerprint density at radius 1 is 1.08 bits per heavy atom. The van der Waals surface area contributed by atoms with Crippen molar-refractivity contribution in [3.63, 3.8) is 0 Å². The maximum Gasteiger partial charge on any atom is 0.363 e. The van der Waals surface area contributed by atoms with Crippen molar-refractivity contribution in [1.82, 2.24) is 0 Å². The van der Waals surface area contributed by atoms with Crippen LogP contribution >= 0.6 is 0 Å². The molecule has 0 radical (unpaired) electrons. The van der Waals surface area contributed by atoms with Gasteiger partial charge in [-0.1, -0.05) is 31.5 Å². The molecule has 0 bridgehead atoms. The van der Waals surface area contributed by atoms with Gasteiger partial charge in [0, 0.05) is 5.56 Å². The van der Waals surface area contributed by atoms with Gasteiger partial charge in [-0.2, -0.15) is 0 Å². The fourth-order valence-electron chi connectivity index (χ4n) is 2.89. The van der Waals surface area contributed by atoms with E-state index >= 15 is 0 Å². The number of benzene rings is 2. The van der Waals surface area contributed by atoms with Crippen molar-refractivity contribution in [2.45, 2.75) is 26.2 Å². The van der Waals surface area contributed by atoms with Gasteiger partial charge in [0.1, 0.15) is 0 Å². The number of carbonyl (C=O) groups excluding carboxylic acids is 1. The molecule has 0 spiro atoms. The molecule has 2 heterocycles. The third kappa shape index (κ3) is 3.33. The third-order valence-electron chi connectivity index (χ3n) is 4.34. The zero-order valence-corrected chi connectivity index (χ0v) is 14.5. The lowest BCUT2D eigenvalue weighted by Gasteiger charge is -2.02. The summed E-state index contributed by atoms with van der Waals surface area (Å²) in [6.07, 6.45) is 5.07. The molecule has 2 aliphatic rings. The van der Waals surface area contributed by atoms with E-state index in [1.54, 1.807) is 6.08 Å². The van der Waals surface area contributed by atoms with E-state index < -0.39 is 5.97 Å². The molecule has 0 saturated heterocycles. The van der Waals surface area contributed by atoms with Gasteiger partial charge >= 0.3 is 5.97 Å². The van der Waals surface area contributed by atoms with Crippen LogP contribution in [0.1, 0.15) is 36.5 Å². The fourth-order valence-corrected chi connectivity index (χ4v) is 2.89. The molecule has 2 aliphatic heterocycles. The smallest absolute Gasteiger partial charge is 0.363 e. The van der Waals surface area contributed by atoms with E-state index in [4.69, 9.17) is 14.2 Å². The van der Waals surface area contributed by atoms with E-state index in [-0.39, 0.29) is 12.5 Å². The van der Waals surface area contributed by atoms with Crippen LogP contribution in [-0.2, 0) is 16.0 Å². The second-order valence-corrected chi connectivity index (χ2v) is 6.25. The summed E-state index contributed by atoms with van der Waals surface area (Å²) in [5.41, 5.74) is 3.15. The third-order valence-corrected chi connectivity index (χ3v) is 4.34. The Hall–Kier alpha value is -3.08. The largest absolute Gasteiger partial charge is 0.454 e. The first-order valence-electron chi connectivity index (χ1n) is 8.74.